The number of nitrogens with zero attached hydrogens (tertiary/aromatic N) is 4. The van der Waals surface area contributed by atoms with Gasteiger partial charge in [-0.2, -0.15) is 13.2 Å². The average Bonchev–Trinajstić information content (AvgIpc) is 3.39. The predicted octanol–water partition coefficient (Wildman–Crippen LogP) is 3.56. The lowest BCUT2D eigenvalue weighted by Gasteiger charge is -2.34. The van der Waals surface area contributed by atoms with Crippen LogP contribution in [0.1, 0.15) is 32.3 Å². The number of oxazole rings is 1. The number of nitrogens with two attached hydrogens (primary N) is 2. The van der Waals surface area contributed by atoms with Crippen LogP contribution in [-0.2, 0) is 12.7 Å². The van der Waals surface area contributed by atoms with Gasteiger partial charge in [0.05, 0.1) is 19.2 Å². The van der Waals surface area contributed by atoms with Crippen LogP contribution in [-0.4, -0.2) is 64.9 Å². The molecule has 5 rings (SSSR count). The van der Waals surface area contributed by atoms with Gasteiger partial charge in [-0.1, -0.05) is 12.1 Å². The summed E-state index contributed by atoms with van der Waals surface area (Å²) >= 11 is 0. The van der Waals surface area contributed by atoms with E-state index in [4.69, 9.17) is 20.6 Å². The van der Waals surface area contributed by atoms with E-state index in [0.717, 1.165) is 6.07 Å². The third-order valence-corrected chi connectivity index (χ3v) is 6.69. The number of methoxy groups -OCH3 is 1. The van der Waals surface area contributed by atoms with Gasteiger partial charge in [-0.15, -0.1) is 0 Å². The first-order valence-corrected chi connectivity index (χ1v) is 12.3. The Morgan fingerprint density at radius 2 is 1.65 bits per heavy atom. The number of aromatic nitrogens is 2. The van der Waals surface area contributed by atoms with Crippen molar-refractivity contribution in [3.8, 4) is 17.2 Å². The lowest BCUT2D eigenvalue weighted by Crippen LogP contribution is -2.50. The molecule has 2 amide bonds. The molecule has 1 aliphatic rings. The number of hydrogen-bond acceptors (Lipinski definition) is 8. The van der Waals surface area contributed by atoms with E-state index in [1.807, 2.05) is 0 Å². The molecule has 0 atom stereocenters. The van der Waals surface area contributed by atoms with Crippen molar-refractivity contribution in [2.75, 3.05) is 39.0 Å². The third kappa shape index (κ3) is 4.91. The lowest BCUT2D eigenvalue weighted by atomic mass is 10.1. The van der Waals surface area contributed by atoms with Gasteiger partial charge in [0.2, 0.25) is 5.89 Å². The van der Waals surface area contributed by atoms with Gasteiger partial charge in [0.25, 0.3) is 11.8 Å². The van der Waals surface area contributed by atoms with Crippen molar-refractivity contribution < 1.29 is 31.9 Å². The van der Waals surface area contributed by atoms with Crippen LogP contribution in [0, 0.1) is 0 Å². The molecule has 10 nitrogen and oxygen atoms in total. The van der Waals surface area contributed by atoms with Crippen LogP contribution in [0.3, 0.4) is 0 Å². The number of hydrogen-bond donors (Lipinski definition) is 2. The molecule has 0 aliphatic carbocycles. The van der Waals surface area contributed by atoms with Gasteiger partial charge in [0.1, 0.15) is 17.0 Å². The maximum atomic E-state index is 13.4. The first kappa shape index (κ1) is 26.9. The van der Waals surface area contributed by atoms with Gasteiger partial charge in [0.15, 0.2) is 11.5 Å². The quantitative estimate of drug-likeness (QED) is 0.357. The summed E-state index contributed by atoms with van der Waals surface area (Å²) in [6, 6.07) is 11.9. The second-order valence-electron chi connectivity index (χ2n) is 9.07. The minimum atomic E-state index is -4.65. The Labute approximate surface area is 226 Å². The summed E-state index contributed by atoms with van der Waals surface area (Å²) < 4.78 is 50.9. The Morgan fingerprint density at radius 1 is 0.975 bits per heavy atom. The summed E-state index contributed by atoms with van der Waals surface area (Å²) in [5.41, 5.74) is 11.8. The van der Waals surface area contributed by atoms with E-state index in [-0.39, 0.29) is 67.2 Å². The smallest absolute Gasteiger partial charge is 0.433 e. The van der Waals surface area contributed by atoms with Crippen LogP contribution in [0.25, 0.3) is 22.4 Å². The first-order chi connectivity index (χ1) is 19.1. The number of rotatable bonds is 5. The van der Waals surface area contributed by atoms with Crippen molar-refractivity contribution >= 4 is 28.4 Å². The molecule has 0 spiro atoms. The molecular formula is C27H25F3N6O4. The van der Waals surface area contributed by atoms with Gasteiger partial charge in [-0.25, -0.2) is 9.97 Å². The SMILES string of the molecule is COc1ccc(-c2nc(C(=O)N3CCN(C(=O)c4ccccc4N)CC3)c(CN)o2)c2ccc(C(F)(F)F)nc12. The van der Waals surface area contributed by atoms with Crippen molar-refractivity contribution in [2.45, 2.75) is 12.7 Å². The second kappa shape index (κ2) is 10.5. The molecule has 40 heavy (non-hydrogen) atoms. The lowest BCUT2D eigenvalue weighted by molar-refractivity contribution is -0.140. The monoisotopic (exact) mass is 554 g/mol. The van der Waals surface area contributed by atoms with Crippen molar-refractivity contribution in [3.63, 3.8) is 0 Å². The topological polar surface area (TPSA) is 141 Å². The van der Waals surface area contributed by atoms with E-state index in [1.54, 1.807) is 40.1 Å². The van der Waals surface area contributed by atoms with Crippen LogP contribution >= 0.6 is 0 Å². The van der Waals surface area contributed by atoms with Crippen LogP contribution in [0.4, 0.5) is 18.9 Å². The molecular weight excluding hydrogens is 529 g/mol. The largest absolute Gasteiger partial charge is 0.494 e. The molecule has 0 unspecified atom stereocenters. The molecule has 2 aromatic carbocycles. The second-order valence-corrected chi connectivity index (χ2v) is 9.07. The number of ether oxygens (including phenoxy) is 1. The Kier molecular flexibility index (Phi) is 7.06. The van der Waals surface area contributed by atoms with Gasteiger partial charge >= 0.3 is 6.18 Å². The normalized spacial score (nSPS) is 14.0. The zero-order valence-electron chi connectivity index (χ0n) is 21.4. The molecule has 3 heterocycles. The highest BCUT2D eigenvalue weighted by molar-refractivity contribution is 6.00. The standard InChI is InChI=1S/C27H25F3N6O4/c1-39-19-8-6-16(15-7-9-21(27(28,29)30)33-22(15)19)24-34-23(20(14-31)40-24)26(38)36-12-10-35(11-13-36)25(37)17-4-2-3-5-18(17)32/h2-9H,10-14,31-32H2,1H3. The number of para-hydroxylation sites is 1. The summed E-state index contributed by atoms with van der Waals surface area (Å²) in [5, 5.41) is 0.295. The van der Waals surface area contributed by atoms with E-state index in [1.165, 1.54) is 19.2 Å². The van der Waals surface area contributed by atoms with E-state index >= 15 is 0 Å². The maximum Gasteiger partial charge on any atom is 0.433 e. The fourth-order valence-electron chi connectivity index (χ4n) is 4.60. The maximum absolute atomic E-state index is 13.4. The number of carbonyl (C=O) groups is 2. The summed E-state index contributed by atoms with van der Waals surface area (Å²) in [6.45, 7) is 0.943. The number of piperazine rings is 1. The van der Waals surface area contributed by atoms with E-state index in [9.17, 15) is 22.8 Å². The van der Waals surface area contributed by atoms with Gasteiger partial charge in [0, 0.05) is 42.8 Å². The Morgan fingerprint density at radius 3 is 2.27 bits per heavy atom. The Hall–Kier alpha value is -4.65. The molecule has 1 fully saturated rings. The van der Waals surface area contributed by atoms with Crippen molar-refractivity contribution in [1.82, 2.24) is 19.8 Å². The molecule has 1 aliphatic heterocycles. The molecule has 1 saturated heterocycles. The predicted molar refractivity (Wildman–Crippen MR) is 139 cm³/mol. The molecule has 4 aromatic rings. The fourth-order valence-corrected chi connectivity index (χ4v) is 4.60. The highest BCUT2D eigenvalue weighted by atomic mass is 19.4. The summed E-state index contributed by atoms with van der Waals surface area (Å²) in [7, 11) is 1.33. The Balaban J connectivity index is 1.41. The number of halogens is 3. The highest BCUT2D eigenvalue weighted by Crippen LogP contribution is 2.37. The summed E-state index contributed by atoms with van der Waals surface area (Å²) in [6.07, 6.45) is -4.65. The number of fused-ring (bicyclic) bond motifs is 1. The van der Waals surface area contributed by atoms with Crippen LogP contribution in [0.5, 0.6) is 5.75 Å². The minimum absolute atomic E-state index is 0.00591. The third-order valence-electron chi connectivity index (χ3n) is 6.69. The molecule has 208 valence electrons. The highest BCUT2D eigenvalue weighted by Gasteiger charge is 2.34. The van der Waals surface area contributed by atoms with Crippen molar-refractivity contribution in [1.29, 1.82) is 0 Å². The molecule has 0 radical (unpaired) electrons. The number of alkyl halides is 3. The Bertz CT molecular complexity index is 1600. The molecule has 0 saturated carbocycles. The van der Waals surface area contributed by atoms with Crippen LogP contribution in [0.2, 0.25) is 0 Å². The zero-order valence-corrected chi connectivity index (χ0v) is 21.4. The number of benzene rings is 2. The minimum Gasteiger partial charge on any atom is -0.494 e. The van der Waals surface area contributed by atoms with Crippen molar-refractivity contribution in [3.05, 3.63) is 71.2 Å². The van der Waals surface area contributed by atoms with Crippen LogP contribution in [0.15, 0.2) is 52.9 Å². The number of anilines is 1. The zero-order chi connectivity index (χ0) is 28.6. The first-order valence-electron chi connectivity index (χ1n) is 12.3. The van der Waals surface area contributed by atoms with E-state index in [2.05, 4.69) is 9.97 Å². The summed E-state index contributed by atoms with van der Waals surface area (Å²) in [5.74, 6) is -0.385. The van der Waals surface area contributed by atoms with Gasteiger partial charge in [-0.05, 0) is 36.4 Å². The van der Waals surface area contributed by atoms with Crippen molar-refractivity contribution in [2.24, 2.45) is 5.73 Å². The number of carbonyl (C=O) groups excluding carboxylic acids is 2. The van der Waals surface area contributed by atoms with Crippen LogP contribution < -0.4 is 16.2 Å². The summed E-state index contributed by atoms with van der Waals surface area (Å²) in [4.78, 5) is 37.6. The van der Waals surface area contributed by atoms with Gasteiger partial charge < -0.3 is 30.4 Å². The molecule has 2 aromatic heterocycles. The molecule has 0 bridgehead atoms. The fraction of sp³-hybridized carbons (Fsp3) is 0.259. The molecule has 4 N–H and O–H groups in total. The van der Waals surface area contributed by atoms with Gasteiger partial charge in [-0.3, -0.25) is 9.59 Å². The van der Waals surface area contributed by atoms with E-state index < -0.39 is 17.8 Å². The average molecular weight is 555 g/mol. The van der Waals surface area contributed by atoms with E-state index in [0.29, 0.717) is 22.2 Å². The number of pyridine rings is 1. The molecule has 13 heteroatoms. The number of nitrogen functional groups attached to an aromatic ring is 1. The number of amides is 2.